The summed E-state index contributed by atoms with van der Waals surface area (Å²) in [5, 5.41) is 14.5. The van der Waals surface area contributed by atoms with E-state index in [9.17, 15) is 14.7 Å². The third-order valence-electron chi connectivity index (χ3n) is 9.01. The van der Waals surface area contributed by atoms with E-state index in [1.165, 1.54) is 11.1 Å². The van der Waals surface area contributed by atoms with Crippen LogP contribution >= 0.6 is 0 Å². The van der Waals surface area contributed by atoms with E-state index in [4.69, 9.17) is 4.98 Å². The summed E-state index contributed by atoms with van der Waals surface area (Å²) in [6.07, 6.45) is 2.11. The molecule has 7 nitrogen and oxygen atoms in total. The number of piperidine rings is 2. The van der Waals surface area contributed by atoms with Gasteiger partial charge in [0.2, 0.25) is 11.8 Å². The predicted octanol–water partition coefficient (Wildman–Crippen LogP) is 4.89. The van der Waals surface area contributed by atoms with E-state index < -0.39 is 12.3 Å². The molecular formula is C34H34N4O3. The number of hydrogen-bond acceptors (Lipinski definition) is 6. The number of likely N-dealkylation sites (tertiary alicyclic amines) is 1. The number of aromatic nitrogens is 1. The minimum atomic E-state index is -0.815. The summed E-state index contributed by atoms with van der Waals surface area (Å²) >= 11 is 0. The number of nitrogens with zero attached hydrogens (tertiary/aromatic N) is 3. The quantitative estimate of drug-likeness (QED) is 0.347. The molecule has 2 atom stereocenters. The van der Waals surface area contributed by atoms with Crippen LogP contribution in [0.1, 0.15) is 60.1 Å². The van der Waals surface area contributed by atoms with Crippen molar-refractivity contribution in [3.8, 4) is 11.3 Å². The molecule has 2 amide bonds. The van der Waals surface area contributed by atoms with Crippen molar-refractivity contribution < 1.29 is 14.7 Å². The van der Waals surface area contributed by atoms with Gasteiger partial charge >= 0.3 is 0 Å². The molecular weight excluding hydrogens is 512 g/mol. The molecule has 4 aromatic rings. The molecule has 2 fully saturated rings. The smallest absolute Gasteiger partial charge is 0.244 e. The highest BCUT2D eigenvalue weighted by molar-refractivity contribution is 6.00. The first-order valence-corrected chi connectivity index (χ1v) is 14.6. The van der Waals surface area contributed by atoms with Crippen molar-refractivity contribution in [3.63, 3.8) is 0 Å². The zero-order valence-corrected chi connectivity index (χ0v) is 23.0. The zero-order valence-electron chi connectivity index (χ0n) is 23.0. The summed E-state index contributed by atoms with van der Waals surface area (Å²) in [6.45, 7) is 3.50. The maximum atomic E-state index is 12.4. The fourth-order valence-corrected chi connectivity index (χ4v) is 6.72. The van der Waals surface area contributed by atoms with Crippen molar-refractivity contribution in [2.75, 3.05) is 13.1 Å². The van der Waals surface area contributed by atoms with Gasteiger partial charge in [-0.2, -0.15) is 0 Å². The third-order valence-corrected chi connectivity index (χ3v) is 9.01. The Kier molecular flexibility index (Phi) is 6.87. The van der Waals surface area contributed by atoms with Gasteiger partial charge in [0, 0.05) is 30.5 Å². The van der Waals surface area contributed by atoms with Crippen LogP contribution in [0, 0.1) is 0 Å². The van der Waals surface area contributed by atoms with Crippen LogP contribution < -0.4 is 5.32 Å². The molecule has 0 saturated carbocycles. The maximum Gasteiger partial charge on any atom is 0.244 e. The number of nitrogens with one attached hydrogen (secondary N) is 1. The topological polar surface area (TPSA) is 85.8 Å². The minimum absolute atomic E-state index is 0.236. The predicted molar refractivity (Wildman–Crippen MR) is 158 cm³/mol. The van der Waals surface area contributed by atoms with Gasteiger partial charge in [0.15, 0.2) is 0 Å². The highest BCUT2D eigenvalue weighted by Crippen LogP contribution is 2.38. The van der Waals surface area contributed by atoms with Crippen LogP contribution in [0.15, 0.2) is 78.9 Å². The van der Waals surface area contributed by atoms with Crippen LogP contribution in [0.3, 0.4) is 0 Å². The van der Waals surface area contributed by atoms with E-state index in [1.54, 1.807) is 0 Å². The largest absolute Gasteiger partial charge is 0.374 e. The molecule has 7 rings (SSSR count). The fourth-order valence-electron chi connectivity index (χ4n) is 6.72. The molecule has 0 radical (unpaired) electrons. The highest BCUT2D eigenvalue weighted by Gasteiger charge is 2.40. The lowest BCUT2D eigenvalue weighted by atomic mass is 9.87. The van der Waals surface area contributed by atoms with Gasteiger partial charge in [0.1, 0.15) is 6.23 Å². The Bertz CT molecular complexity index is 1610. The van der Waals surface area contributed by atoms with Gasteiger partial charge in [0.25, 0.3) is 0 Å². The Morgan fingerprint density at radius 1 is 0.902 bits per heavy atom. The summed E-state index contributed by atoms with van der Waals surface area (Å²) in [4.78, 5) is 33.3. The van der Waals surface area contributed by atoms with Crippen molar-refractivity contribution in [2.24, 2.45) is 0 Å². The van der Waals surface area contributed by atoms with E-state index in [0.717, 1.165) is 65.8 Å². The Balaban J connectivity index is 0.993. The first-order valence-electron chi connectivity index (χ1n) is 14.6. The van der Waals surface area contributed by atoms with E-state index >= 15 is 0 Å². The number of hydrogen-bond donors (Lipinski definition) is 2. The normalized spacial score (nSPS) is 22.2. The number of imide groups is 1. The zero-order chi connectivity index (χ0) is 27.9. The molecule has 0 bridgehead atoms. The number of benzene rings is 3. The lowest BCUT2D eigenvalue weighted by Crippen LogP contribution is -2.51. The van der Waals surface area contributed by atoms with Crippen LogP contribution in [0.2, 0.25) is 0 Å². The molecule has 0 aliphatic carbocycles. The molecule has 3 aliphatic heterocycles. The van der Waals surface area contributed by atoms with Crippen molar-refractivity contribution in [1.82, 2.24) is 20.1 Å². The molecule has 2 unspecified atom stereocenters. The number of amides is 2. The van der Waals surface area contributed by atoms with Crippen LogP contribution in [0.4, 0.5) is 0 Å². The van der Waals surface area contributed by atoms with Gasteiger partial charge in [-0.1, -0.05) is 66.7 Å². The lowest BCUT2D eigenvalue weighted by Gasteiger charge is -2.32. The van der Waals surface area contributed by atoms with Crippen LogP contribution in [-0.2, 0) is 22.7 Å². The Labute approximate surface area is 239 Å². The van der Waals surface area contributed by atoms with E-state index in [2.05, 4.69) is 64.8 Å². The molecule has 1 aromatic heterocycles. The van der Waals surface area contributed by atoms with Crippen molar-refractivity contribution in [1.29, 1.82) is 0 Å². The van der Waals surface area contributed by atoms with Gasteiger partial charge in [-0.15, -0.1) is 0 Å². The molecule has 2 N–H and O–H groups in total. The number of pyridine rings is 1. The minimum Gasteiger partial charge on any atom is -0.374 e. The molecule has 4 heterocycles. The molecule has 2 saturated heterocycles. The number of aliphatic hydroxyl groups is 1. The highest BCUT2D eigenvalue weighted by atomic mass is 16.3. The molecule has 3 aromatic carbocycles. The second kappa shape index (κ2) is 10.8. The molecule has 7 heteroatoms. The fraction of sp³-hybridized carbons (Fsp3) is 0.324. The van der Waals surface area contributed by atoms with Crippen LogP contribution in [0.25, 0.3) is 22.2 Å². The number of aliphatic hydroxyl groups excluding tert-OH is 1. The van der Waals surface area contributed by atoms with Crippen LogP contribution in [-0.4, -0.2) is 50.8 Å². The summed E-state index contributed by atoms with van der Waals surface area (Å²) in [5.74, 6) is -0.0647. The molecule has 0 spiro atoms. The van der Waals surface area contributed by atoms with E-state index in [-0.39, 0.29) is 11.8 Å². The molecule has 208 valence electrons. The summed E-state index contributed by atoms with van der Waals surface area (Å²) in [6, 6.07) is 27.1. The Hall–Kier alpha value is -3.91. The first kappa shape index (κ1) is 26.0. The van der Waals surface area contributed by atoms with Crippen molar-refractivity contribution in [3.05, 3.63) is 101 Å². The molecule has 41 heavy (non-hydrogen) atoms. The summed E-state index contributed by atoms with van der Waals surface area (Å²) in [5.41, 5.74) is 7.71. The second-order valence-corrected chi connectivity index (χ2v) is 11.6. The number of rotatable bonds is 5. The van der Waals surface area contributed by atoms with Crippen LogP contribution in [0.5, 0.6) is 0 Å². The van der Waals surface area contributed by atoms with Gasteiger partial charge in [-0.3, -0.25) is 24.7 Å². The van der Waals surface area contributed by atoms with Crippen molar-refractivity contribution in [2.45, 2.75) is 57.0 Å². The Morgan fingerprint density at radius 3 is 2.51 bits per heavy atom. The first-order chi connectivity index (χ1) is 20.0. The van der Waals surface area contributed by atoms with Crippen molar-refractivity contribution >= 4 is 22.7 Å². The maximum absolute atomic E-state index is 12.4. The summed E-state index contributed by atoms with van der Waals surface area (Å²) < 4.78 is 0. The second-order valence-electron chi connectivity index (χ2n) is 11.6. The SMILES string of the molecule is O=C1CCC(N2Cc3cc(C4CCN(Cc5ccc6ccc(-c7ccccc7)nc6c5)CC4)ccc3C2O)C(=O)N1. The number of carbonyl (C=O) groups excluding carboxylic acids is 2. The van der Waals surface area contributed by atoms with Gasteiger partial charge < -0.3 is 5.11 Å². The monoisotopic (exact) mass is 546 g/mol. The Morgan fingerprint density at radius 2 is 1.71 bits per heavy atom. The summed E-state index contributed by atoms with van der Waals surface area (Å²) in [7, 11) is 0. The molecule has 3 aliphatic rings. The number of fused-ring (bicyclic) bond motifs is 2. The third kappa shape index (κ3) is 5.17. The van der Waals surface area contributed by atoms with Gasteiger partial charge in [-0.25, -0.2) is 4.98 Å². The average Bonchev–Trinajstić information content (AvgIpc) is 3.32. The number of carbonyl (C=O) groups is 2. The van der Waals surface area contributed by atoms with Gasteiger partial charge in [-0.05, 0) is 72.7 Å². The van der Waals surface area contributed by atoms with Gasteiger partial charge in [0.05, 0.1) is 17.3 Å². The lowest BCUT2D eigenvalue weighted by molar-refractivity contribution is -0.141. The van der Waals surface area contributed by atoms with E-state index in [1.807, 2.05) is 29.2 Å². The average molecular weight is 547 g/mol. The van der Waals surface area contributed by atoms with E-state index in [0.29, 0.717) is 25.3 Å². The standard InChI is InChI=1S/C34H34N4O3/c39-32-13-12-31(33(40)36-32)38-21-27-19-26(8-10-28(27)34(38)41)23-14-16-37(17-15-23)20-22-6-7-25-9-11-29(35-30(25)18-22)24-4-2-1-3-5-24/h1-11,18-19,23,31,34,41H,12-17,20-21H2,(H,36,39,40).